The number of aliphatic hydroxyl groups excluding tert-OH is 1. The first kappa shape index (κ1) is 24.0. The molecule has 0 saturated heterocycles. The maximum absolute atomic E-state index is 11.6. The average molecular weight is 484 g/mol. The van der Waals surface area contributed by atoms with E-state index in [9.17, 15) is 9.90 Å². The van der Waals surface area contributed by atoms with Crippen LogP contribution in [0.2, 0.25) is 0 Å². The molecule has 3 heterocycles. The predicted molar refractivity (Wildman–Crippen MR) is 133 cm³/mol. The number of aromatic nitrogens is 6. The van der Waals surface area contributed by atoms with Gasteiger partial charge in [0.25, 0.3) is 0 Å². The molecule has 2 atom stereocenters. The summed E-state index contributed by atoms with van der Waals surface area (Å²) in [5, 5.41) is 17.6. The fourth-order valence-electron chi connectivity index (χ4n) is 5.52. The Balaban J connectivity index is 1.63. The monoisotopic (exact) mass is 483 g/mol. The smallest absolute Gasteiger partial charge is 0.396 e. The number of imidazole rings is 1. The molecule has 3 N–H and O–H groups in total. The highest BCUT2D eigenvalue weighted by Crippen LogP contribution is 2.36. The van der Waals surface area contributed by atoms with Crippen molar-refractivity contribution >= 4 is 17.0 Å². The van der Waals surface area contributed by atoms with Gasteiger partial charge >= 0.3 is 5.76 Å². The molecule has 2 aliphatic rings. The molecular weight excluding hydrogens is 446 g/mol. The SMILES string of the molecule is CCC(CO)c1nc2nc(-c3noc(=O)[nH]3)nc(N[C@H](C)C3CCC3)c2n1C[C@H]1CC[C@H](C)CC1. The first-order valence-corrected chi connectivity index (χ1v) is 13.2. The lowest BCUT2D eigenvalue weighted by Gasteiger charge is -2.32. The number of nitrogens with zero attached hydrogens (tertiary/aromatic N) is 5. The van der Waals surface area contributed by atoms with Gasteiger partial charge in [0.1, 0.15) is 11.3 Å². The quantitative estimate of drug-likeness (QED) is 0.414. The Hall–Kier alpha value is -2.75. The number of hydrogen-bond acceptors (Lipinski definition) is 8. The van der Waals surface area contributed by atoms with Crippen LogP contribution in [0.1, 0.15) is 83.9 Å². The van der Waals surface area contributed by atoms with Crippen LogP contribution < -0.4 is 11.1 Å². The molecule has 0 radical (unpaired) electrons. The molecule has 35 heavy (non-hydrogen) atoms. The number of rotatable bonds is 9. The second-order valence-electron chi connectivity index (χ2n) is 10.6. The Morgan fingerprint density at radius 1 is 1.17 bits per heavy atom. The highest BCUT2D eigenvalue weighted by Gasteiger charge is 2.29. The van der Waals surface area contributed by atoms with Gasteiger partial charge in [0.15, 0.2) is 11.5 Å². The summed E-state index contributed by atoms with van der Waals surface area (Å²) < 4.78 is 6.96. The van der Waals surface area contributed by atoms with Gasteiger partial charge in [-0.15, -0.1) is 0 Å². The fourth-order valence-corrected chi connectivity index (χ4v) is 5.52. The number of aliphatic hydroxyl groups is 1. The largest absolute Gasteiger partial charge is 0.439 e. The van der Waals surface area contributed by atoms with Gasteiger partial charge in [-0.3, -0.25) is 9.51 Å². The summed E-state index contributed by atoms with van der Waals surface area (Å²) in [5.74, 6) is 3.21. The third-order valence-corrected chi connectivity index (χ3v) is 8.16. The zero-order chi connectivity index (χ0) is 24.5. The van der Waals surface area contributed by atoms with Crippen molar-refractivity contribution in [2.45, 2.75) is 90.6 Å². The molecule has 0 bridgehead atoms. The maximum Gasteiger partial charge on any atom is 0.439 e. The number of H-pyrrole nitrogens is 1. The lowest BCUT2D eigenvalue weighted by atomic mass is 9.80. The van der Waals surface area contributed by atoms with Crippen molar-refractivity contribution in [3.8, 4) is 11.6 Å². The Kier molecular flexibility index (Phi) is 6.91. The van der Waals surface area contributed by atoms with E-state index in [1.54, 1.807) is 0 Å². The second-order valence-corrected chi connectivity index (χ2v) is 10.6. The lowest BCUT2D eigenvalue weighted by Crippen LogP contribution is -2.31. The molecule has 2 fully saturated rings. The van der Waals surface area contributed by atoms with Crippen molar-refractivity contribution < 1.29 is 9.63 Å². The third-order valence-electron chi connectivity index (χ3n) is 8.16. The van der Waals surface area contributed by atoms with Gasteiger partial charge in [0.2, 0.25) is 11.6 Å². The zero-order valence-electron chi connectivity index (χ0n) is 21.0. The molecule has 10 nitrogen and oxygen atoms in total. The first-order chi connectivity index (χ1) is 17.0. The summed E-state index contributed by atoms with van der Waals surface area (Å²) in [7, 11) is 0. The predicted octanol–water partition coefficient (Wildman–Crippen LogP) is 4.08. The van der Waals surface area contributed by atoms with E-state index in [2.05, 4.69) is 45.8 Å². The van der Waals surface area contributed by atoms with E-state index in [4.69, 9.17) is 14.5 Å². The molecule has 0 aromatic carbocycles. The van der Waals surface area contributed by atoms with Crippen LogP contribution in [-0.2, 0) is 6.54 Å². The van der Waals surface area contributed by atoms with Gasteiger partial charge < -0.3 is 15.0 Å². The van der Waals surface area contributed by atoms with Crippen LogP contribution in [0.3, 0.4) is 0 Å². The summed E-state index contributed by atoms with van der Waals surface area (Å²) >= 11 is 0. The molecule has 2 saturated carbocycles. The molecule has 3 aromatic heterocycles. The van der Waals surface area contributed by atoms with Gasteiger partial charge in [-0.05, 0) is 56.8 Å². The molecule has 10 heteroatoms. The number of hydrogen-bond donors (Lipinski definition) is 3. The number of nitrogens with one attached hydrogen (secondary N) is 2. The van der Waals surface area contributed by atoms with Gasteiger partial charge in [-0.25, -0.2) is 19.7 Å². The van der Waals surface area contributed by atoms with Crippen molar-refractivity contribution in [3.63, 3.8) is 0 Å². The minimum atomic E-state index is -0.648. The van der Waals surface area contributed by atoms with Crippen LogP contribution in [0.25, 0.3) is 22.8 Å². The third kappa shape index (κ3) is 4.85. The number of anilines is 1. The van der Waals surface area contributed by atoms with Crippen LogP contribution in [0.4, 0.5) is 5.82 Å². The van der Waals surface area contributed by atoms with Gasteiger partial charge in [-0.1, -0.05) is 38.3 Å². The summed E-state index contributed by atoms with van der Waals surface area (Å²) in [6.07, 6.45) is 9.32. The summed E-state index contributed by atoms with van der Waals surface area (Å²) in [4.78, 5) is 28.6. The van der Waals surface area contributed by atoms with Crippen molar-refractivity contribution in [3.05, 3.63) is 16.4 Å². The molecule has 190 valence electrons. The van der Waals surface area contributed by atoms with E-state index < -0.39 is 5.76 Å². The fraction of sp³-hybridized carbons (Fsp3) is 0.720. The van der Waals surface area contributed by atoms with Crippen LogP contribution in [-0.4, -0.2) is 47.4 Å². The minimum Gasteiger partial charge on any atom is -0.396 e. The van der Waals surface area contributed by atoms with E-state index in [0.29, 0.717) is 23.3 Å². The van der Waals surface area contributed by atoms with Gasteiger partial charge in [0, 0.05) is 18.5 Å². The van der Waals surface area contributed by atoms with E-state index in [1.165, 1.54) is 44.9 Å². The Morgan fingerprint density at radius 2 is 1.94 bits per heavy atom. The topological polar surface area (TPSA) is 135 Å². The van der Waals surface area contributed by atoms with Crippen LogP contribution in [0, 0.1) is 17.8 Å². The highest BCUT2D eigenvalue weighted by molar-refractivity contribution is 5.85. The summed E-state index contributed by atoms with van der Waals surface area (Å²) in [6.45, 7) is 7.47. The van der Waals surface area contributed by atoms with Crippen molar-refractivity contribution in [2.24, 2.45) is 17.8 Å². The van der Waals surface area contributed by atoms with Gasteiger partial charge in [0.05, 0.1) is 6.61 Å². The van der Waals surface area contributed by atoms with Crippen LogP contribution in [0.5, 0.6) is 0 Å². The van der Waals surface area contributed by atoms with E-state index in [-0.39, 0.29) is 30.2 Å². The molecule has 5 rings (SSSR count). The Bertz CT molecular complexity index is 1200. The Morgan fingerprint density at radius 3 is 2.54 bits per heavy atom. The van der Waals surface area contributed by atoms with Gasteiger partial charge in [-0.2, -0.15) is 0 Å². The average Bonchev–Trinajstić information content (AvgIpc) is 3.39. The van der Waals surface area contributed by atoms with E-state index >= 15 is 0 Å². The number of fused-ring (bicyclic) bond motifs is 1. The molecule has 3 aromatic rings. The molecule has 0 aliphatic heterocycles. The molecule has 2 aliphatic carbocycles. The summed E-state index contributed by atoms with van der Waals surface area (Å²) in [6, 6.07) is 0.244. The Labute approximate surface area is 204 Å². The summed E-state index contributed by atoms with van der Waals surface area (Å²) in [5.41, 5.74) is 1.42. The van der Waals surface area contributed by atoms with Crippen LogP contribution >= 0.6 is 0 Å². The minimum absolute atomic E-state index is 0.0274. The maximum atomic E-state index is 11.6. The molecule has 0 spiro atoms. The molecule has 0 amide bonds. The van der Waals surface area contributed by atoms with E-state index in [0.717, 1.165) is 30.2 Å². The first-order valence-electron chi connectivity index (χ1n) is 13.2. The van der Waals surface area contributed by atoms with Crippen LogP contribution in [0.15, 0.2) is 9.32 Å². The normalized spacial score (nSPS) is 22.7. The molecule has 1 unspecified atom stereocenters. The zero-order valence-corrected chi connectivity index (χ0v) is 21.0. The molecular formula is C25H37N7O3. The van der Waals surface area contributed by atoms with Crippen molar-refractivity contribution in [2.75, 3.05) is 11.9 Å². The van der Waals surface area contributed by atoms with Crippen molar-refractivity contribution in [1.82, 2.24) is 29.7 Å². The standard InChI is InChI=1S/C25H37N7O3/c1-4-17(13-33)24-29-21-19(32(24)12-16-10-8-14(2)9-11-16)20(26-15(3)18-6-5-7-18)27-22(28-21)23-30-25(34)35-31-23/h14-18,33H,4-13H2,1-3H3,(H,26,27,28)(H,30,31,34)/t14-,15-,16-,17?/m1/s1. The number of aromatic amines is 1. The van der Waals surface area contributed by atoms with Crippen molar-refractivity contribution in [1.29, 1.82) is 0 Å². The highest BCUT2D eigenvalue weighted by atomic mass is 16.5. The second kappa shape index (κ2) is 10.1. The lowest BCUT2D eigenvalue weighted by molar-refractivity contribution is 0.243. The van der Waals surface area contributed by atoms with E-state index in [1.807, 2.05) is 0 Å².